The van der Waals surface area contributed by atoms with Gasteiger partial charge < -0.3 is 5.32 Å². The number of nitrogens with zero attached hydrogens (tertiary/aromatic N) is 1. The van der Waals surface area contributed by atoms with Crippen LogP contribution in [0.4, 0.5) is 0 Å². The first-order valence-electron chi connectivity index (χ1n) is 6.28. The van der Waals surface area contributed by atoms with Crippen molar-refractivity contribution in [3.63, 3.8) is 0 Å². The van der Waals surface area contributed by atoms with Crippen LogP contribution in [0.25, 0.3) is 11.3 Å². The van der Waals surface area contributed by atoms with Crippen LogP contribution in [-0.4, -0.2) is 11.5 Å². The molecule has 0 amide bonds. The quantitative estimate of drug-likeness (QED) is 0.887. The summed E-state index contributed by atoms with van der Waals surface area (Å²) in [5.74, 6) is 0. The number of halogens is 1. The molecule has 2 heterocycles. The van der Waals surface area contributed by atoms with Crippen molar-refractivity contribution >= 4 is 27.3 Å². The summed E-state index contributed by atoms with van der Waals surface area (Å²) in [5.41, 5.74) is 2.28. The molecular formula is C14H15BrN2S. The van der Waals surface area contributed by atoms with Crippen molar-refractivity contribution in [1.29, 1.82) is 0 Å². The number of aromatic nitrogens is 1. The van der Waals surface area contributed by atoms with Crippen LogP contribution in [0.3, 0.4) is 0 Å². The Morgan fingerprint density at radius 2 is 2.06 bits per heavy atom. The van der Waals surface area contributed by atoms with Gasteiger partial charge in [0, 0.05) is 15.4 Å². The van der Waals surface area contributed by atoms with Gasteiger partial charge in [0.15, 0.2) is 0 Å². The molecule has 1 aliphatic rings. The van der Waals surface area contributed by atoms with Crippen LogP contribution in [0.1, 0.15) is 30.3 Å². The molecule has 1 fully saturated rings. The zero-order chi connectivity index (χ0) is 12.4. The second-order valence-corrected chi connectivity index (χ2v) is 6.39. The van der Waals surface area contributed by atoms with Gasteiger partial charge in [0.05, 0.1) is 11.7 Å². The van der Waals surface area contributed by atoms with E-state index in [0.29, 0.717) is 6.04 Å². The Labute approximate surface area is 120 Å². The Hall–Kier alpha value is -0.710. The zero-order valence-corrected chi connectivity index (χ0v) is 12.4. The summed E-state index contributed by atoms with van der Waals surface area (Å²) in [6.07, 6.45) is 3.82. The number of thiazole rings is 1. The van der Waals surface area contributed by atoms with E-state index in [2.05, 4.69) is 50.9 Å². The molecule has 1 aromatic heterocycles. The molecule has 1 unspecified atom stereocenters. The van der Waals surface area contributed by atoms with Gasteiger partial charge in [0.25, 0.3) is 0 Å². The van der Waals surface area contributed by atoms with E-state index in [4.69, 9.17) is 4.98 Å². The van der Waals surface area contributed by atoms with Gasteiger partial charge in [-0.05, 0) is 31.5 Å². The summed E-state index contributed by atoms with van der Waals surface area (Å²) >= 11 is 5.23. The van der Waals surface area contributed by atoms with E-state index < -0.39 is 0 Å². The lowest BCUT2D eigenvalue weighted by Gasteiger charge is -2.21. The van der Waals surface area contributed by atoms with E-state index in [1.54, 1.807) is 11.3 Å². The minimum absolute atomic E-state index is 0.466. The second-order valence-electron chi connectivity index (χ2n) is 4.58. The van der Waals surface area contributed by atoms with Crippen LogP contribution in [0.15, 0.2) is 34.1 Å². The van der Waals surface area contributed by atoms with Crippen LogP contribution >= 0.6 is 27.3 Å². The summed E-state index contributed by atoms with van der Waals surface area (Å²) in [6.45, 7) is 1.12. The lowest BCUT2D eigenvalue weighted by atomic mass is 10.1. The molecule has 2 aromatic rings. The fourth-order valence-corrected chi connectivity index (χ4v) is 3.47. The third-order valence-electron chi connectivity index (χ3n) is 3.27. The van der Waals surface area contributed by atoms with Gasteiger partial charge in [-0.1, -0.05) is 34.5 Å². The van der Waals surface area contributed by atoms with E-state index in [0.717, 1.165) is 16.7 Å². The summed E-state index contributed by atoms with van der Waals surface area (Å²) in [4.78, 5) is 4.77. The van der Waals surface area contributed by atoms with Crippen molar-refractivity contribution in [3.05, 3.63) is 39.1 Å². The lowest BCUT2D eigenvalue weighted by molar-refractivity contribution is 0.411. The maximum absolute atomic E-state index is 4.77. The molecule has 1 saturated heterocycles. The molecular weight excluding hydrogens is 308 g/mol. The summed E-state index contributed by atoms with van der Waals surface area (Å²) < 4.78 is 1.11. The number of benzene rings is 1. The first-order valence-corrected chi connectivity index (χ1v) is 7.95. The normalized spacial score (nSPS) is 19.9. The van der Waals surface area contributed by atoms with Crippen LogP contribution < -0.4 is 5.32 Å². The fourth-order valence-electron chi connectivity index (χ4n) is 2.26. The topological polar surface area (TPSA) is 24.9 Å². The fraction of sp³-hybridized carbons (Fsp3) is 0.357. The molecule has 0 aliphatic carbocycles. The monoisotopic (exact) mass is 322 g/mol. The van der Waals surface area contributed by atoms with Crippen LogP contribution in [0.2, 0.25) is 0 Å². The highest BCUT2D eigenvalue weighted by molar-refractivity contribution is 9.10. The average Bonchev–Trinajstić information content (AvgIpc) is 2.90. The first-order chi connectivity index (χ1) is 8.83. The Bertz CT molecular complexity index is 515. The molecule has 2 nitrogen and oxygen atoms in total. The third kappa shape index (κ3) is 2.66. The van der Waals surface area contributed by atoms with Gasteiger partial charge in [-0.2, -0.15) is 0 Å². The standard InChI is InChI=1S/C14H15BrN2S/c15-11-6-4-10(5-7-11)13-9-18-14(17-13)12-3-1-2-8-16-12/h4-7,9,12,16H,1-3,8H2. The van der Waals surface area contributed by atoms with E-state index in [9.17, 15) is 0 Å². The smallest absolute Gasteiger partial charge is 0.110 e. The number of hydrogen-bond donors (Lipinski definition) is 1. The number of piperidine rings is 1. The molecule has 1 atom stereocenters. The van der Waals surface area contributed by atoms with E-state index in [1.807, 2.05) is 0 Å². The van der Waals surface area contributed by atoms with E-state index in [-0.39, 0.29) is 0 Å². The molecule has 0 saturated carbocycles. The SMILES string of the molecule is Brc1ccc(-c2csc(C3CCCCN3)n2)cc1. The Morgan fingerprint density at radius 1 is 1.22 bits per heavy atom. The zero-order valence-electron chi connectivity index (χ0n) is 10.0. The molecule has 4 heteroatoms. The van der Waals surface area contributed by atoms with Crippen molar-refractivity contribution in [3.8, 4) is 11.3 Å². The van der Waals surface area contributed by atoms with Crippen LogP contribution in [0.5, 0.6) is 0 Å². The van der Waals surface area contributed by atoms with Gasteiger partial charge in [0.1, 0.15) is 5.01 Å². The maximum atomic E-state index is 4.77. The highest BCUT2D eigenvalue weighted by Gasteiger charge is 2.18. The molecule has 1 aromatic carbocycles. The van der Waals surface area contributed by atoms with Crippen molar-refractivity contribution in [2.75, 3.05) is 6.54 Å². The highest BCUT2D eigenvalue weighted by atomic mass is 79.9. The summed E-state index contributed by atoms with van der Waals surface area (Å²) in [5, 5.41) is 6.94. The summed E-state index contributed by atoms with van der Waals surface area (Å²) in [7, 11) is 0. The lowest BCUT2D eigenvalue weighted by Crippen LogP contribution is -2.26. The van der Waals surface area contributed by atoms with Crippen LogP contribution in [0, 0.1) is 0 Å². The van der Waals surface area contributed by atoms with E-state index in [1.165, 1.54) is 29.8 Å². The largest absolute Gasteiger partial charge is 0.308 e. The molecule has 0 spiro atoms. The predicted octanol–water partition coefficient (Wildman–Crippen LogP) is 4.39. The second kappa shape index (κ2) is 5.51. The molecule has 3 rings (SSSR count). The van der Waals surface area contributed by atoms with Crippen LogP contribution in [-0.2, 0) is 0 Å². The van der Waals surface area contributed by atoms with Gasteiger partial charge in [0.2, 0.25) is 0 Å². The van der Waals surface area contributed by atoms with Crippen molar-refractivity contribution in [1.82, 2.24) is 10.3 Å². The van der Waals surface area contributed by atoms with Crippen molar-refractivity contribution < 1.29 is 0 Å². The van der Waals surface area contributed by atoms with Gasteiger partial charge >= 0.3 is 0 Å². The Kier molecular flexibility index (Phi) is 3.77. The average molecular weight is 323 g/mol. The van der Waals surface area contributed by atoms with Crippen molar-refractivity contribution in [2.45, 2.75) is 25.3 Å². The first kappa shape index (κ1) is 12.3. The highest BCUT2D eigenvalue weighted by Crippen LogP contribution is 2.29. The minimum Gasteiger partial charge on any atom is -0.308 e. The van der Waals surface area contributed by atoms with Crippen molar-refractivity contribution in [2.24, 2.45) is 0 Å². The molecule has 0 radical (unpaired) electrons. The number of nitrogens with one attached hydrogen (secondary N) is 1. The van der Waals surface area contributed by atoms with Gasteiger partial charge in [-0.3, -0.25) is 0 Å². The Balaban J connectivity index is 1.82. The third-order valence-corrected chi connectivity index (χ3v) is 4.76. The molecule has 0 bridgehead atoms. The van der Waals surface area contributed by atoms with Gasteiger partial charge in [-0.25, -0.2) is 4.98 Å². The summed E-state index contributed by atoms with van der Waals surface area (Å²) in [6, 6.07) is 8.81. The number of rotatable bonds is 2. The molecule has 1 aliphatic heterocycles. The molecule has 18 heavy (non-hydrogen) atoms. The molecule has 94 valence electrons. The Morgan fingerprint density at radius 3 is 2.78 bits per heavy atom. The van der Waals surface area contributed by atoms with Gasteiger partial charge in [-0.15, -0.1) is 11.3 Å². The maximum Gasteiger partial charge on any atom is 0.110 e. The minimum atomic E-state index is 0.466. The number of hydrogen-bond acceptors (Lipinski definition) is 3. The van der Waals surface area contributed by atoms with E-state index >= 15 is 0 Å². The predicted molar refractivity (Wildman–Crippen MR) is 79.8 cm³/mol. The molecule has 1 N–H and O–H groups in total.